The predicted molar refractivity (Wildman–Crippen MR) is 57.3 cm³/mol. The summed E-state index contributed by atoms with van der Waals surface area (Å²) in [5.41, 5.74) is 8.89. The minimum Gasteiger partial charge on any atom is -0.329 e. The summed E-state index contributed by atoms with van der Waals surface area (Å²) in [6.45, 7) is 2.89. The Hall–Kier alpha value is 0.230. The maximum atomic E-state index is 5.60. The van der Waals surface area contributed by atoms with Crippen LogP contribution in [-0.4, -0.2) is 43.2 Å². The van der Waals surface area contributed by atoms with Crippen LogP contribution in [0.15, 0.2) is 0 Å². The van der Waals surface area contributed by atoms with Gasteiger partial charge in [-0.05, 0) is 17.9 Å². The van der Waals surface area contributed by atoms with E-state index in [0.29, 0.717) is 12.6 Å². The Morgan fingerprint density at radius 3 is 2.58 bits per heavy atom. The minimum atomic E-state index is 0.430. The molecule has 0 aliphatic rings. The molecule has 0 bridgehead atoms. The third kappa shape index (κ3) is 6.91. The topological polar surface area (TPSA) is 41.3 Å². The van der Waals surface area contributed by atoms with Gasteiger partial charge in [0.25, 0.3) is 0 Å². The fraction of sp³-hybridized carbons (Fsp3) is 1.00. The molecule has 0 amide bonds. The molecule has 12 heavy (non-hydrogen) atoms. The van der Waals surface area contributed by atoms with Crippen molar-refractivity contribution in [1.82, 2.24) is 10.4 Å². The van der Waals surface area contributed by atoms with Crippen molar-refractivity contribution in [3.8, 4) is 0 Å². The molecule has 3 N–H and O–H groups in total. The van der Waals surface area contributed by atoms with E-state index in [1.165, 1.54) is 11.5 Å². The van der Waals surface area contributed by atoms with Crippen molar-refractivity contribution >= 4 is 11.8 Å². The molecule has 0 saturated carbocycles. The van der Waals surface area contributed by atoms with Crippen molar-refractivity contribution in [2.75, 3.05) is 32.1 Å². The van der Waals surface area contributed by atoms with E-state index in [1.807, 2.05) is 30.9 Å². The van der Waals surface area contributed by atoms with Crippen molar-refractivity contribution in [1.29, 1.82) is 0 Å². The second kappa shape index (κ2) is 7.86. The van der Waals surface area contributed by atoms with Crippen LogP contribution < -0.4 is 11.2 Å². The molecule has 0 rings (SSSR count). The molecule has 1 atom stereocenters. The van der Waals surface area contributed by atoms with Crippen LogP contribution in [0.1, 0.15) is 13.3 Å². The zero-order chi connectivity index (χ0) is 9.40. The second-order valence-electron chi connectivity index (χ2n) is 2.94. The number of nitrogens with zero attached hydrogens (tertiary/aromatic N) is 1. The van der Waals surface area contributed by atoms with Gasteiger partial charge in [0, 0.05) is 26.7 Å². The van der Waals surface area contributed by atoms with E-state index in [9.17, 15) is 0 Å². The number of nitrogens with two attached hydrogens (primary N) is 1. The third-order valence-corrected chi connectivity index (χ3v) is 2.47. The van der Waals surface area contributed by atoms with Crippen LogP contribution in [0.3, 0.4) is 0 Å². The van der Waals surface area contributed by atoms with E-state index in [-0.39, 0.29) is 0 Å². The van der Waals surface area contributed by atoms with Gasteiger partial charge in [0.2, 0.25) is 0 Å². The number of hydrogen-bond acceptors (Lipinski definition) is 4. The van der Waals surface area contributed by atoms with Gasteiger partial charge < -0.3 is 5.73 Å². The molecular formula is C8H21N3S. The number of thioether (sulfide) groups is 1. The first kappa shape index (κ1) is 12.2. The average Bonchev–Trinajstić information content (AvgIpc) is 2.02. The third-order valence-electron chi connectivity index (χ3n) is 1.54. The Bertz CT molecular complexity index is 98.3. The van der Waals surface area contributed by atoms with E-state index in [0.717, 1.165) is 6.42 Å². The first-order chi connectivity index (χ1) is 5.70. The van der Waals surface area contributed by atoms with Crippen LogP contribution in [0.2, 0.25) is 0 Å². The lowest BCUT2D eigenvalue weighted by atomic mass is 10.2. The van der Waals surface area contributed by atoms with Gasteiger partial charge in [-0.2, -0.15) is 11.8 Å². The predicted octanol–water partition coefficient (Wildman–Crippen LogP) is 0.523. The summed E-state index contributed by atoms with van der Waals surface area (Å²) in [5.74, 6) is 2.39. The van der Waals surface area contributed by atoms with Gasteiger partial charge in [0.05, 0.1) is 0 Å². The molecule has 0 heterocycles. The normalized spacial score (nSPS) is 13.8. The molecule has 0 aromatic rings. The van der Waals surface area contributed by atoms with Crippen LogP contribution in [0.25, 0.3) is 0 Å². The summed E-state index contributed by atoms with van der Waals surface area (Å²) < 4.78 is 0. The fourth-order valence-corrected chi connectivity index (χ4v) is 1.71. The zero-order valence-electron chi connectivity index (χ0n) is 8.34. The standard InChI is InChI=1S/C8H21N3S/c1-4-12-6-5-8(7-9)10-11(2)3/h8,10H,4-7,9H2,1-3H3. The van der Waals surface area contributed by atoms with Crippen molar-refractivity contribution in [2.24, 2.45) is 5.73 Å². The molecule has 4 heteroatoms. The average molecular weight is 191 g/mol. The molecule has 0 radical (unpaired) electrons. The molecule has 0 aromatic heterocycles. The Balaban J connectivity index is 3.39. The Morgan fingerprint density at radius 1 is 1.50 bits per heavy atom. The number of hydrazine groups is 1. The summed E-state index contributed by atoms with van der Waals surface area (Å²) in [6.07, 6.45) is 1.15. The summed E-state index contributed by atoms with van der Waals surface area (Å²) in [7, 11) is 3.99. The largest absolute Gasteiger partial charge is 0.329 e. The van der Waals surface area contributed by atoms with Crippen LogP contribution in [0.4, 0.5) is 0 Å². The van der Waals surface area contributed by atoms with Gasteiger partial charge in [-0.25, -0.2) is 0 Å². The minimum absolute atomic E-state index is 0.430. The van der Waals surface area contributed by atoms with Crippen LogP contribution >= 0.6 is 11.8 Å². The molecular weight excluding hydrogens is 170 g/mol. The monoisotopic (exact) mass is 191 g/mol. The van der Waals surface area contributed by atoms with E-state index >= 15 is 0 Å². The number of hydrogen-bond donors (Lipinski definition) is 2. The van der Waals surface area contributed by atoms with Crippen molar-refractivity contribution in [3.63, 3.8) is 0 Å². The SMILES string of the molecule is CCSCCC(CN)NN(C)C. The Kier molecular flexibility index (Phi) is 8.01. The van der Waals surface area contributed by atoms with E-state index in [4.69, 9.17) is 5.73 Å². The highest BCUT2D eigenvalue weighted by Gasteiger charge is 2.05. The van der Waals surface area contributed by atoms with Gasteiger partial charge in [-0.3, -0.25) is 10.4 Å². The lowest BCUT2D eigenvalue weighted by Crippen LogP contribution is -2.44. The first-order valence-electron chi connectivity index (χ1n) is 4.42. The quantitative estimate of drug-likeness (QED) is 0.455. The molecule has 74 valence electrons. The van der Waals surface area contributed by atoms with Crippen molar-refractivity contribution < 1.29 is 0 Å². The molecule has 1 unspecified atom stereocenters. The maximum Gasteiger partial charge on any atom is 0.0345 e. The summed E-state index contributed by atoms with van der Waals surface area (Å²) >= 11 is 1.96. The van der Waals surface area contributed by atoms with Gasteiger partial charge >= 0.3 is 0 Å². The summed E-state index contributed by atoms with van der Waals surface area (Å²) in [6, 6.07) is 0.430. The maximum absolute atomic E-state index is 5.60. The van der Waals surface area contributed by atoms with Gasteiger partial charge in [-0.15, -0.1) is 0 Å². The van der Waals surface area contributed by atoms with Crippen LogP contribution in [0, 0.1) is 0 Å². The molecule has 0 aromatic carbocycles. The molecule has 0 fully saturated rings. The van der Waals surface area contributed by atoms with Crippen molar-refractivity contribution in [2.45, 2.75) is 19.4 Å². The van der Waals surface area contributed by atoms with E-state index in [2.05, 4.69) is 12.3 Å². The fourth-order valence-electron chi connectivity index (χ4n) is 0.970. The van der Waals surface area contributed by atoms with Crippen LogP contribution in [0.5, 0.6) is 0 Å². The molecule has 0 spiro atoms. The Morgan fingerprint density at radius 2 is 2.17 bits per heavy atom. The highest BCUT2D eigenvalue weighted by Crippen LogP contribution is 2.03. The van der Waals surface area contributed by atoms with E-state index in [1.54, 1.807) is 0 Å². The smallest absolute Gasteiger partial charge is 0.0345 e. The Labute approximate surface area is 80.0 Å². The molecule has 0 saturated heterocycles. The molecule has 3 nitrogen and oxygen atoms in total. The van der Waals surface area contributed by atoms with Gasteiger partial charge in [0.1, 0.15) is 0 Å². The lowest BCUT2D eigenvalue weighted by Gasteiger charge is -2.21. The summed E-state index contributed by atoms with van der Waals surface area (Å²) in [5, 5.41) is 1.97. The van der Waals surface area contributed by atoms with Crippen molar-refractivity contribution in [3.05, 3.63) is 0 Å². The highest BCUT2D eigenvalue weighted by molar-refractivity contribution is 7.99. The number of nitrogens with one attached hydrogen (secondary N) is 1. The highest BCUT2D eigenvalue weighted by atomic mass is 32.2. The van der Waals surface area contributed by atoms with Gasteiger partial charge in [-0.1, -0.05) is 6.92 Å². The van der Waals surface area contributed by atoms with E-state index < -0.39 is 0 Å². The number of rotatable bonds is 7. The van der Waals surface area contributed by atoms with Gasteiger partial charge in [0.15, 0.2) is 0 Å². The zero-order valence-corrected chi connectivity index (χ0v) is 9.16. The summed E-state index contributed by atoms with van der Waals surface area (Å²) in [4.78, 5) is 0. The molecule has 0 aliphatic heterocycles. The molecule has 0 aliphatic carbocycles. The lowest BCUT2D eigenvalue weighted by molar-refractivity contribution is 0.241. The second-order valence-corrected chi connectivity index (χ2v) is 4.34. The first-order valence-corrected chi connectivity index (χ1v) is 5.57. The van der Waals surface area contributed by atoms with Crippen LogP contribution in [-0.2, 0) is 0 Å².